The molecule has 1 aromatic carbocycles. The van der Waals surface area contributed by atoms with Crippen LogP contribution in [-0.2, 0) is 4.79 Å². The molecule has 130 valence electrons. The van der Waals surface area contributed by atoms with Gasteiger partial charge in [-0.3, -0.25) is 4.79 Å². The van der Waals surface area contributed by atoms with E-state index in [-0.39, 0.29) is 12.5 Å². The average molecular weight is 357 g/mol. The minimum Gasteiger partial charge on any atom is -0.463 e. The standard InChI is InChI=1S/C18H19N3O3S/c1-12(23)20-17-11-14-5-4-13(10-16(14)25-17)15-6-7-19-18(21-15)24-9-3-2-8-22/h4-7,10-11,22H,2-3,8-9H2,1H3,(H,20,23). The number of anilines is 1. The number of nitrogens with zero attached hydrogens (tertiary/aromatic N) is 2. The first-order valence-electron chi connectivity index (χ1n) is 8.04. The van der Waals surface area contributed by atoms with Gasteiger partial charge in [-0.05, 0) is 36.4 Å². The molecule has 7 heteroatoms. The van der Waals surface area contributed by atoms with Crippen LogP contribution in [0, 0.1) is 0 Å². The maximum Gasteiger partial charge on any atom is 0.316 e. The second-order valence-electron chi connectivity index (χ2n) is 5.55. The van der Waals surface area contributed by atoms with E-state index in [1.165, 1.54) is 18.3 Å². The van der Waals surface area contributed by atoms with Crippen LogP contribution in [-0.4, -0.2) is 34.2 Å². The Morgan fingerprint density at radius 1 is 1.28 bits per heavy atom. The molecule has 0 atom stereocenters. The van der Waals surface area contributed by atoms with Crippen molar-refractivity contribution in [2.24, 2.45) is 0 Å². The molecule has 0 saturated heterocycles. The lowest BCUT2D eigenvalue weighted by Crippen LogP contribution is -2.03. The van der Waals surface area contributed by atoms with Gasteiger partial charge < -0.3 is 15.2 Å². The van der Waals surface area contributed by atoms with Gasteiger partial charge in [0.2, 0.25) is 5.91 Å². The highest BCUT2D eigenvalue weighted by Gasteiger charge is 2.07. The molecule has 0 aliphatic rings. The topological polar surface area (TPSA) is 84.3 Å². The van der Waals surface area contributed by atoms with Gasteiger partial charge in [0.1, 0.15) is 0 Å². The molecule has 2 heterocycles. The fraction of sp³-hybridized carbons (Fsp3) is 0.278. The maximum atomic E-state index is 11.2. The van der Waals surface area contributed by atoms with Crippen LogP contribution in [0.5, 0.6) is 6.01 Å². The lowest BCUT2D eigenvalue weighted by atomic mass is 10.1. The van der Waals surface area contributed by atoms with Crippen molar-refractivity contribution in [2.75, 3.05) is 18.5 Å². The van der Waals surface area contributed by atoms with E-state index in [4.69, 9.17) is 9.84 Å². The van der Waals surface area contributed by atoms with E-state index in [9.17, 15) is 4.79 Å². The molecule has 0 unspecified atom stereocenters. The summed E-state index contributed by atoms with van der Waals surface area (Å²) in [5.74, 6) is -0.0782. The molecule has 3 rings (SSSR count). The molecule has 0 aliphatic carbocycles. The number of aromatic nitrogens is 2. The molecule has 3 aromatic rings. The van der Waals surface area contributed by atoms with Crippen molar-refractivity contribution < 1.29 is 14.6 Å². The number of fused-ring (bicyclic) bond motifs is 1. The van der Waals surface area contributed by atoms with Gasteiger partial charge in [0.05, 0.1) is 17.3 Å². The van der Waals surface area contributed by atoms with Crippen molar-refractivity contribution >= 4 is 32.3 Å². The summed E-state index contributed by atoms with van der Waals surface area (Å²) in [6.45, 7) is 2.14. The maximum absolute atomic E-state index is 11.2. The highest BCUT2D eigenvalue weighted by Crippen LogP contribution is 2.33. The molecule has 1 amide bonds. The molecule has 0 fully saturated rings. The third-order valence-corrected chi connectivity index (χ3v) is 4.55. The summed E-state index contributed by atoms with van der Waals surface area (Å²) in [6, 6.07) is 10.2. The SMILES string of the molecule is CC(=O)Nc1cc2ccc(-c3ccnc(OCCCCO)n3)cc2s1. The fourth-order valence-electron chi connectivity index (χ4n) is 2.37. The van der Waals surface area contributed by atoms with E-state index < -0.39 is 0 Å². The Balaban J connectivity index is 1.79. The number of rotatable bonds is 7. The molecule has 0 spiro atoms. The summed E-state index contributed by atoms with van der Waals surface area (Å²) >= 11 is 1.53. The monoisotopic (exact) mass is 357 g/mol. The minimum atomic E-state index is -0.0782. The Morgan fingerprint density at radius 3 is 2.96 bits per heavy atom. The number of aliphatic hydroxyl groups is 1. The predicted octanol–water partition coefficient (Wildman–Crippen LogP) is 3.47. The van der Waals surface area contributed by atoms with Crippen molar-refractivity contribution in [1.29, 1.82) is 0 Å². The largest absolute Gasteiger partial charge is 0.463 e. The second kappa shape index (κ2) is 8.04. The third kappa shape index (κ3) is 4.52. The smallest absolute Gasteiger partial charge is 0.316 e. The van der Waals surface area contributed by atoms with Gasteiger partial charge in [0.15, 0.2) is 0 Å². The summed E-state index contributed by atoms with van der Waals surface area (Å²) in [4.78, 5) is 19.8. The van der Waals surface area contributed by atoms with Crippen molar-refractivity contribution in [3.05, 3.63) is 36.5 Å². The molecule has 6 nitrogen and oxygen atoms in total. The summed E-state index contributed by atoms with van der Waals surface area (Å²) in [6.07, 6.45) is 3.13. The van der Waals surface area contributed by atoms with Gasteiger partial charge in [-0.25, -0.2) is 4.98 Å². The first kappa shape index (κ1) is 17.3. The van der Waals surface area contributed by atoms with Gasteiger partial charge >= 0.3 is 6.01 Å². The Hall–Kier alpha value is -2.51. The number of hydrogen-bond donors (Lipinski definition) is 2. The molecule has 0 aliphatic heterocycles. The molecule has 25 heavy (non-hydrogen) atoms. The molecular formula is C18H19N3O3S. The summed E-state index contributed by atoms with van der Waals surface area (Å²) in [7, 11) is 0. The van der Waals surface area contributed by atoms with Gasteiger partial charge in [-0.15, -0.1) is 11.3 Å². The number of benzene rings is 1. The highest BCUT2D eigenvalue weighted by molar-refractivity contribution is 7.23. The van der Waals surface area contributed by atoms with E-state index in [1.807, 2.05) is 30.3 Å². The zero-order valence-electron chi connectivity index (χ0n) is 13.9. The van der Waals surface area contributed by atoms with Crippen LogP contribution in [0.3, 0.4) is 0 Å². The van der Waals surface area contributed by atoms with E-state index in [2.05, 4.69) is 15.3 Å². The Labute approximate surface area is 149 Å². The van der Waals surface area contributed by atoms with E-state index >= 15 is 0 Å². The molecule has 2 N–H and O–H groups in total. The van der Waals surface area contributed by atoms with Crippen LogP contribution >= 0.6 is 11.3 Å². The fourth-order valence-corrected chi connectivity index (χ4v) is 3.42. The van der Waals surface area contributed by atoms with Gasteiger partial charge in [0, 0.05) is 30.0 Å². The van der Waals surface area contributed by atoms with Crippen LogP contribution < -0.4 is 10.1 Å². The highest BCUT2D eigenvalue weighted by atomic mass is 32.1. The second-order valence-corrected chi connectivity index (χ2v) is 6.63. The number of thiophene rings is 1. The third-order valence-electron chi connectivity index (χ3n) is 3.53. The molecule has 0 radical (unpaired) electrons. The van der Waals surface area contributed by atoms with Crippen LogP contribution in [0.4, 0.5) is 5.00 Å². The van der Waals surface area contributed by atoms with Crippen molar-refractivity contribution in [1.82, 2.24) is 9.97 Å². The number of ether oxygens (including phenoxy) is 1. The number of carbonyl (C=O) groups is 1. The minimum absolute atomic E-state index is 0.0782. The predicted molar refractivity (Wildman–Crippen MR) is 99.0 cm³/mol. The van der Waals surface area contributed by atoms with E-state index in [1.54, 1.807) is 6.20 Å². The normalized spacial score (nSPS) is 10.8. The lowest BCUT2D eigenvalue weighted by molar-refractivity contribution is -0.114. The van der Waals surface area contributed by atoms with Crippen LogP contribution in [0.15, 0.2) is 36.5 Å². The summed E-state index contributed by atoms with van der Waals surface area (Å²) in [5.41, 5.74) is 1.75. The molecule has 0 bridgehead atoms. The van der Waals surface area contributed by atoms with Crippen molar-refractivity contribution in [3.63, 3.8) is 0 Å². The van der Waals surface area contributed by atoms with Gasteiger partial charge in [-0.2, -0.15) is 4.98 Å². The van der Waals surface area contributed by atoms with Crippen molar-refractivity contribution in [3.8, 4) is 17.3 Å². The molecular weight excluding hydrogens is 338 g/mol. The number of unbranched alkanes of at least 4 members (excludes halogenated alkanes) is 1. The number of hydrogen-bond acceptors (Lipinski definition) is 6. The number of amides is 1. The molecule has 0 saturated carbocycles. The van der Waals surface area contributed by atoms with E-state index in [0.717, 1.165) is 32.8 Å². The summed E-state index contributed by atoms with van der Waals surface area (Å²) < 4.78 is 6.60. The number of nitrogens with one attached hydrogen (secondary N) is 1. The van der Waals surface area contributed by atoms with Crippen LogP contribution in [0.2, 0.25) is 0 Å². The zero-order valence-corrected chi connectivity index (χ0v) is 14.7. The number of aliphatic hydroxyl groups excluding tert-OH is 1. The Bertz CT molecular complexity index is 879. The van der Waals surface area contributed by atoms with E-state index in [0.29, 0.717) is 19.0 Å². The lowest BCUT2D eigenvalue weighted by Gasteiger charge is -2.06. The van der Waals surface area contributed by atoms with Crippen molar-refractivity contribution in [2.45, 2.75) is 19.8 Å². The van der Waals surface area contributed by atoms with Crippen LogP contribution in [0.1, 0.15) is 19.8 Å². The van der Waals surface area contributed by atoms with Gasteiger partial charge in [0.25, 0.3) is 0 Å². The summed E-state index contributed by atoms with van der Waals surface area (Å²) in [5, 5.41) is 13.5. The number of carbonyl (C=O) groups excluding carboxylic acids is 1. The Kier molecular flexibility index (Phi) is 5.57. The van der Waals surface area contributed by atoms with Crippen LogP contribution in [0.25, 0.3) is 21.3 Å². The Morgan fingerprint density at radius 2 is 2.16 bits per heavy atom. The quantitative estimate of drug-likeness (QED) is 0.633. The zero-order chi connectivity index (χ0) is 17.6. The first-order chi connectivity index (χ1) is 12.2. The average Bonchev–Trinajstić information content (AvgIpc) is 2.99. The molecule has 2 aromatic heterocycles. The van der Waals surface area contributed by atoms with Gasteiger partial charge in [-0.1, -0.05) is 12.1 Å². The first-order valence-corrected chi connectivity index (χ1v) is 8.85.